The van der Waals surface area contributed by atoms with E-state index in [2.05, 4.69) is 76.9 Å². The van der Waals surface area contributed by atoms with Crippen LogP contribution >= 0.6 is 31.9 Å². The van der Waals surface area contributed by atoms with E-state index in [0.29, 0.717) is 5.92 Å². The third-order valence-corrected chi connectivity index (χ3v) is 3.47. The summed E-state index contributed by atoms with van der Waals surface area (Å²) in [5.74, 6) is 0.608. The lowest BCUT2D eigenvalue weighted by molar-refractivity contribution is 0.730. The first-order valence-corrected chi connectivity index (χ1v) is 7.33. The molecule has 0 fully saturated rings. The first kappa shape index (κ1) is 14.0. The zero-order valence-electron chi connectivity index (χ0n) is 10.1. The van der Waals surface area contributed by atoms with E-state index in [1.807, 2.05) is 0 Å². The van der Waals surface area contributed by atoms with Gasteiger partial charge in [0, 0.05) is 0 Å². The van der Waals surface area contributed by atoms with Crippen LogP contribution in [0, 0.1) is 0 Å². The van der Waals surface area contributed by atoms with Crippen molar-refractivity contribution in [2.45, 2.75) is 39.5 Å². The van der Waals surface area contributed by atoms with Crippen LogP contribution in [-0.4, -0.2) is 0 Å². The van der Waals surface area contributed by atoms with Crippen molar-refractivity contribution in [3.8, 4) is 0 Å². The van der Waals surface area contributed by atoms with Crippen LogP contribution in [0.3, 0.4) is 0 Å². The van der Waals surface area contributed by atoms with E-state index in [-0.39, 0.29) is 0 Å². The summed E-state index contributed by atoms with van der Waals surface area (Å²) in [5, 5.41) is 0. The van der Waals surface area contributed by atoms with Crippen molar-refractivity contribution in [2.75, 3.05) is 0 Å². The van der Waals surface area contributed by atoms with Crippen LogP contribution in [-0.2, 0) is 6.42 Å². The Morgan fingerprint density at radius 2 is 2.00 bits per heavy atom. The molecule has 0 heterocycles. The minimum Gasteiger partial charge on any atom is -0.0648 e. The highest BCUT2D eigenvalue weighted by atomic mass is 79.9. The van der Waals surface area contributed by atoms with Gasteiger partial charge in [0.15, 0.2) is 0 Å². The zero-order valence-corrected chi connectivity index (χ0v) is 13.2. The van der Waals surface area contributed by atoms with E-state index in [4.69, 9.17) is 0 Å². The maximum absolute atomic E-state index is 3.46. The van der Waals surface area contributed by atoms with Gasteiger partial charge in [-0.25, -0.2) is 0 Å². The van der Waals surface area contributed by atoms with Gasteiger partial charge < -0.3 is 0 Å². The highest BCUT2D eigenvalue weighted by molar-refractivity contribution is 9.28. The lowest BCUT2D eigenvalue weighted by Gasteiger charge is -2.16. The van der Waals surface area contributed by atoms with Crippen molar-refractivity contribution in [3.63, 3.8) is 0 Å². The molecule has 0 aliphatic heterocycles. The van der Waals surface area contributed by atoms with Gasteiger partial charge in [0.05, 0.1) is 3.39 Å². The van der Waals surface area contributed by atoms with Gasteiger partial charge in [0.25, 0.3) is 0 Å². The average Bonchev–Trinajstić information content (AvgIpc) is 2.27. The molecular formula is C14H18Br2. The summed E-state index contributed by atoms with van der Waals surface area (Å²) in [6, 6.07) is 6.61. The number of benzene rings is 1. The fraction of sp³-hybridized carbons (Fsp3) is 0.429. The normalized spacial score (nSPS) is 12.3. The minimum absolute atomic E-state index is 0.608. The molecule has 1 aromatic rings. The Labute approximate surface area is 115 Å². The van der Waals surface area contributed by atoms with Gasteiger partial charge in [-0.15, -0.1) is 0 Å². The number of aryl methyl sites for hydroxylation is 1. The van der Waals surface area contributed by atoms with Crippen LogP contribution in [0.2, 0.25) is 0 Å². The van der Waals surface area contributed by atoms with Crippen LogP contribution in [0.15, 0.2) is 21.6 Å². The fourth-order valence-corrected chi connectivity index (χ4v) is 2.33. The number of hydrogen-bond donors (Lipinski definition) is 0. The maximum atomic E-state index is 3.46. The van der Waals surface area contributed by atoms with Gasteiger partial charge in [-0.05, 0) is 73.4 Å². The van der Waals surface area contributed by atoms with Gasteiger partial charge >= 0.3 is 0 Å². The lowest BCUT2D eigenvalue weighted by Crippen LogP contribution is -1.98. The lowest BCUT2D eigenvalue weighted by atomic mass is 9.90. The summed E-state index contributed by atoms with van der Waals surface area (Å²) < 4.78 is 1.01. The quantitative estimate of drug-likeness (QED) is 0.642. The highest BCUT2D eigenvalue weighted by Gasteiger charge is 2.10. The summed E-state index contributed by atoms with van der Waals surface area (Å²) >= 11 is 6.91. The Balaban J connectivity index is 3.31. The molecule has 16 heavy (non-hydrogen) atoms. The van der Waals surface area contributed by atoms with Crippen molar-refractivity contribution in [2.24, 2.45) is 0 Å². The van der Waals surface area contributed by atoms with Gasteiger partial charge in [-0.2, -0.15) is 0 Å². The molecule has 0 saturated heterocycles. The maximum Gasteiger partial charge on any atom is 0.0610 e. The first-order chi connectivity index (χ1) is 7.60. The highest BCUT2D eigenvalue weighted by Crippen LogP contribution is 2.29. The van der Waals surface area contributed by atoms with Crippen LogP contribution in [0.25, 0.3) is 6.08 Å². The molecule has 0 saturated carbocycles. The summed E-state index contributed by atoms with van der Waals surface area (Å²) in [6.45, 7) is 6.73. The Bertz CT molecular complexity index is 376. The molecule has 0 amide bonds. The van der Waals surface area contributed by atoms with Crippen molar-refractivity contribution >= 4 is 37.9 Å². The average molecular weight is 346 g/mol. The van der Waals surface area contributed by atoms with E-state index in [1.54, 1.807) is 0 Å². The number of hydrogen-bond acceptors (Lipinski definition) is 0. The Kier molecular flexibility index (Phi) is 5.77. The molecule has 0 spiro atoms. The van der Waals surface area contributed by atoms with Crippen molar-refractivity contribution < 1.29 is 0 Å². The molecule has 1 aromatic carbocycles. The van der Waals surface area contributed by atoms with Crippen molar-refractivity contribution in [1.82, 2.24) is 0 Å². The number of halogens is 2. The Hall–Kier alpha value is -0.0800. The second-order valence-corrected chi connectivity index (χ2v) is 6.79. The van der Waals surface area contributed by atoms with Crippen LogP contribution in [0.5, 0.6) is 0 Å². The Morgan fingerprint density at radius 1 is 1.31 bits per heavy atom. The summed E-state index contributed by atoms with van der Waals surface area (Å²) in [6.07, 6.45) is 4.41. The van der Waals surface area contributed by atoms with Crippen molar-refractivity contribution in [1.29, 1.82) is 0 Å². The fourth-order valence-electron chi connectivity index (χ4n) is 1.88. The predicted octanol–water partition coefficient (Wildman–Crippen LogP) is 5.85. The molecule has 0 unspecified atom stereocenters. The van der Waals surface area contributed by atoms with Crippen LogP contribution in [0.1, 0.15) is 49.8 Å². The summed E-state index contributed by atoms with van der Waals surface area (Å²) in [5.41, 5.74) is 4.22. The molecule has 0 bridgehead atoms. The van der Waals surface area contributed by atoms with Gasteiger partial charge in [0.1, 0.15) is 0 Å². The van der Waals surface area contributed by atoms with Crippen LogP contribution in [0.4, 0.5) is 0 Å². The molecule has 0 radical (unpaired) electrons. The third-order valence-electron chi connectivity index (χ3n) is 3.01. The van der Waals surface area contributed by atoms with Gasteiger partial charge in [-0.3, -0.25) is 0 Å². The smallest absolute Gasteiger partial charge is 0.0610 e. The van der Waals surface area contributed by atoms with E-state index >= 15 is 0 Å². The van der Waals surface area contributed by atoms with Gasteiger partial charge in [0.2, 0.25) is 0 Å². The molecular weight excluding hydrogens is 328 g/mol. The molecule has 0 aliphatic carbocycles. The first-order valence-electron chi connectivity index (χ1n) is 5.74. The van der Waals surface area contributed by atoms with Gasteiger partial charge in [-0.1, -0.05) is 39.0 Å². The molecule has 1 atom stereocenters. The molecule has 0 nitrogen and oxygen atoms in total. The third kappa shape index (κ3) is 3.46. The molecule has 88 valence electrons. The largest absolute Gasteiger partial charge is 0.0648 e. The second kappa shape index (κ2) is 6.61. The molecule has 1 rings (SSSR count). The van der Waals surface area contributed by atoms with E-state index in [0.717, 1.165) is 9.81 Å². The standard InChI is InChI=1S/C14H18Br2/c1-4-10(3)12-8-6-7-11(5-2)13(12)9-14(15)16/h6-10H,4-5H2,1-3H3/t10-/m0/s1. The molecule has 0 N–H and O–H groups in total. The van der Waals surface area contributed by atoms with E-state index in [1.165, 1.54) is 23.1 Å². The van der Waals surface area contributed by atoms with Crippen LogP contribution < -0.4 is 0 Å². The Morgan fingerprint density at radius 3 is 2.50 bits per heavy atom. The molecule has 2 heteroatoms. The van der Waals surface area contributed by atoms with E-state index in [9.17, 15) is 0 Å². The molecule has 0 aromatic heterocycles. The summed E-state index contributed by atoms with van der Waals surface area (Å²) in [4.78, 5) is 0. The zero-order chi connectivity index (χ0) is 12.1. The van der Waals surface area contributed by atoms with Crippen molar-refractivity contribution in [3.05, 3.63) is 38.3 Å². The molecule has 0 aliphatic rings. The second-order valence-electron chi connectivity index (χ2n) is 4.02. The predicted molar refractivity (Wildman–Crippen MR) is 80.4 cm³/mol. The van der Waals surface area contributed by atoms with E-state index < -0.39 is 0 Å². The monoisotopic (exact) mass is 344 g/mol. The minimum atomic E-state index is 0.608. The number of rotatable bonds is 4. The SMILES string of the molecule is CCc1cccc([C@@H](C)CC)c1C=C(Br)Br. The topological polar surface area (TPSA) is 0 Å². The summed E-state index contributed by atoms with van der Waals surface area (Å²) in [7, 11) is 0.